The molecule has 4 heteroatoms. The number of hydrogen-bond donors (Lipinski definition) is 1. The summed E-state index contributed by atoms with van der Waals surface area (Å²) in [4.78, 5) is 17.7. The van der Waals surface area contributed by atoms with Gasteiger partial charge < -0.3 is 14.9 Å². The smallest absolute Gasteiger partial charge is 0.233 e. The number of hydrogen-bond acceptors (Lipinski definition) is 3. The van der Waals surface area contributed by atoms with Gasteiger partial charge in [-0.2, -0.15) is 0 Å². The van der Waals surface area contributed by atoms with Gasteiger partial charge in [0.25, 0.3) is 0 Å². The molecule has 1 N–H and O–H groups in total. The summed E-state index contributed by atoms with van der Waals surface area (Å²) in [6.45, 7) is 3.40. The maximum Gasteiger partial charge on any atom is 0.233 e. The Balaban J connectivity index is 1.55. The Morgan fingerprint density at radius 2 is 1.88 bits per heavy atom. The van der Waals surface area contributed by atoms with E-state index in [1.807, 2.05) is 18.2 Å². The van der Waals surface area contributed by atoms with E-state index in [1.54, 1.807) is 0 Å². The first-order valence-corrected chi connectivity index (χ1v) is 9.27. The highest BCUT2D eigenvalue weighted by Crippen LogP contribution is 2.50. The van der Waals surface area contributed by atoms with Crippen LogP contribution in [0.15, 0.2) is 30.3 Å². The fourth-order valence-electron chi connectivity index (χ4n) is 4.92. The predicted molar refractivity (Wildman–Crippen MR) is 93.7 cm³/mol. The van der Waals surface area contributed by atoms with Crippen LogP contribution in [-0.2, 0) is 10.2 Å². The van der Waals surface area contributed by atoms with Crippen molar-refractivity contribution in [3.05, 3.63) is 35.9 Å². The number of carbonyl (C=O) groups is 1. The fourth-order valence-corrected chi connectivity index (χ4v) is 4.92. The molecule has 3 aliphatic rings. The fraction of sp³-hybridized carbons (Fsp3) is 0.650. The molecule has 4 nitrogen and oxygen atoms in total. The van der Waals surface area contributed by atoms with Gasteiger partial charge >= 0.3 is 0 Å². The van der Waals surface area contributed by atoms with Gasteiger partial charge in [0.1, 0.15) is 0 Å². The number of amides is 1. The number of rotatable bonds is 2. The van der Waals surface area contributed by atoms with Crippen LogP contribution in [0.2, 0.25) is 0 Å². The standard InChI is InChI=1S/C20H28N2O2/c1-21-13-8-17(23)19(14-21)9-5-12-22(15-19)18(24)20(10-11-20)16-6-3-2-4-7-16/h2-4,6-7,17,23H,5,8-15H2,1H3/t17-,19-/m0/s1. The summed E-state index contributed by atoms with van der Waals surface area (Å²) >= 11 is 0. The van der Waals surface area contributed by atoms with Crippen LogP contribution >= 0.6 is 0 Å². The Morgan fingerprint density at radius 3 is 2.58 bits per heavy atom. The molecule has 1 spiro atoms. The molecule has 0 radical (unpaired) electrons. The minimum Gasteiger partial charge on any atom is -0.392 e. The molecule has 2 heterocycles. The summed E-state index contributed by atoms with van der Waals surface area (Å²) in [6.07, 6.45) is 4.49. The van der Waals surface area contributed by atoms with Crippen LogP contribution in [-0.4, -0.2) is 60.1 Å². The second-order valence-corrected chi connectivity index (χ2v) is 8.18. The Labute approximate surface area is 144 Å². The molecule has 1 amide bonds. The van der Waals surface area contributed by atoms with Crippen LogP contribution in [0, 0.1) is 5.41 Å². The molecule has 2 atom stereocenters. The van der Waals surface area contributed by atoms with Gasteiger partial charge in [0.15, 0.2) is 0 Å². The zero-order chi connectivity index (χ0) is 16.8. The second kappa shape index (κ2) is 5.85. The average molecular weight is 328 g/mol. The molecule has 2 saturated heterocycles. The largest absolute Gasteiger partial charge is 0.392 e. The number of benzene rings is 1. The minimum atomic E-state index is -0.286. The van der Waals surface area contributed by atoms with Gasteiger partial charge in [0.05, 0.1) is 11.5 Å². The van der Waals surface area contributed by atoms with Crippen molar-refractivity contribution in [3.63, 3.8) is 0 Å². The molecular weight excluding hydrogens is 300 g/mol. The van der Waals surface area contributed by atoms with Crippen LogP contribution in [0.4, 0.5) is 0 Å². The van der Waals surface area contributed by atoms with Gasteiger partial charge in [0, 0.05) is 31.6 Å². The van der Waals surface area contributed by atoms with Crippen molar-refractivity contribution in [3.8, 4) is 0 Å². The third-order valence-electron chi connectivity index (χ3n) is 6.46. The Hall–Kier alpha value is -1.39. The lowest BCUT2D eigenvalue weighted by atomic mass is 9.71. The molecule has 0 unspecified atom stereocenters. The van der Waals surface area contributed by atoms with E-state index in [0.29, 0.717) is 6.54 Å². The molecule has 3 fully saturated rings. The summed E-state index contributed by atoms with van der Waals surface area (Å²) in [5.74, 6) is 0.285. The van der Waals surface area contributed by atoms with E-state index >= 15 is 0 Å². The summed E-state index contributed by atoms with van der Waals surface area (Å²) in [5, 5.41) is 10.7. The first-order chi connectivity index (χ1) is 11.6. The monoisotopic (exact) mass is 328 g/mol. The van der Waals surface area contributed by atoms with Gasteiger partial charge in [-0.15, -0.1) is 0 Å². The molecule has 130 valence electrons. The highest BCUT2D eigenvalue weighted by Gasteiger charge is 2.55. The maximum atomic E-state index is 13.3. The van der Waals surface area contributed by atoms with Crippen molar-refractivity contribution in [2.45, 2.75) is 43.6 Å². The maximum absolute atomic E-state index is 13.3. The number of aliphatic hydroxyl groups excluding tert-OH is 1. The average Bonchev–Trinajstić information content (AvgIpc) is 3.41. The van der Waals surface area contributed by atoms with E-state index < -0.39 is 0 Å². The molecule has 24 heavy (non-hydrogen) atoms. The van der Waals surface area contributed by atoms with Crippen molar-refractivity contribution >= 4 is 5.91 Å². The van der Waals surface area contributed by atoms with Crippen LogP contribution < -0.4 is 0 Å². The third-order valence-corrected chi connectivity index (χ3v) is 6.46. The van der Waals surface area contributed by atoms with Gasteiger partial charge in [-0.3, -0.25) is 4.79 Å². The number of piperidine rings is 2. The lowest BCUT2D eigenvalue weighted by molar-refractivity contribution is -0.143. The van der Waals surface area contributed by atoms with Gasteiger partial charge in [-0.1, -0.05) is 30.3 Å². The minimum absolute atomic E-state index is 0.131. The van der Waals surface area contributed by atoms with Crippen molar-refractivity contribution in [2.24, 2.45) is 5.41 Å². The van der Waals surface area contributed by atoms with Crippen LogP contribution in [0.5, 0.6) is 0 Å². The molecule has 1 aromatic carbocycles. The number of aliphatic hydroxyl groups is 1. The van der Waals surface area contributed by atoms with Crippen LogP contribution in [0.3, 0.4) is 0 Å². The quantitative estimate of drug-likeness (QED) is 0.903. The van der Waals surface area contributed by atoms with Crippen molar-refractivity contribution in [1.82, 2.24) is 9.80 Å². The first-order valence-electron chi connectivity index (χ1n) is 9.27. The lowest BCUT2D eigenvalue weighted by Crippen LogP contribution is -2.60. The Morgan fingerprint density at radius 1 is 1.12 bits per heavy atom. The van der Waals surface area contributed by atoms with Gasteiger partial charge in [0.2, 0.25) is 5.91 Å². The number of nitrogens with zero attached hydrogens (tertiary/aromatic N) is 2. The third kappa shape index (κ3) is 2.56. The molecule has 0 bridgehead atoms. The highest BCUT2D eigenvalue weighted by atomic mass is 16.3. The van der Waals surface area contributed by atoms with E-state index in [1.165, 1.54) is 0 Å². The van der Waals surface area contributed by atoms with E-state index in [2.05, 4.69) is 29.0 Å². The summed E-state index contributed by atoms with van der Waals surface area (Å²) in [5.41, 5.74) is 0.745. The van der Waals surface area contributed by atoms with E-state index in [0.717, 1.165) is 57.3 Å². The Kier molecular flexibility index (Phi) is 3.92. The molecule has 1 aromatic rings. The summed E-state index contributed by atoms with van der Waals surface area (Å²) in [6, 6.07) is 10.2. The summed E-state index contributed by atoms with van der Waals surface area (Å²) < 4.78 is 0. The predicted octanol–water partition coefficient (Wildman–Crippen LogP) is 2.02. The topological polar surface area (TPSA) is 43.8 Å². The van der Waals surface area contributed by atoms with Crippen LogP contribution in [0.1, 0.15) is 37.7 Å². The van der Waals surface area contributed by atoms with Crippen LogP contribution in [0.25, 0.3) is 0 Å². The molecule has 0 aromatic heterocycles. The Bertz CT molecular complexity index is 613. The molecular formula is C20H28N2O2. The van der Waals surface area contributed by atoms with Gasteiger partial charge in [-0.05, 0) is 44.7 Å². The highest BCUT2D eigenvalue weighted by molar-refractivity contribution is 5.91. The SMILES string of the molecule is CN1CC[C@H](O)[C@@]2(CCCN(C(=O)C3(c4ccccc4)CC3)C2)C1. The molecule has 1 aliphatic carbocycles. The normalized spacial score (nSPS) is 32.8. The van der Waals surface area contributed by atoms with E-state index in [9.17, 15) is 9.90 Å². The zero-order valence-electron chi connectivity index (χ0n) is 14.6. The number of carbonyl (C=O) groups excluding carboxylic acids is 1. The molecule has 1 saturated carbocycles. The van der Waals surface area contributed by atoms with Crippen molar-refractivity contribution in [2.75, 3.05) is 33.2 Å². The molecule has 4 rings (SSSR count). The van der Waals surface area contributed by atoms with E-state index in [-0.39, 0.29) is 22.8 Å². The van der Waals surface area contributed by atoms with E-state index in [4.69, 9.17) is 0 Å². The number of likely N-dealkylation sites (tertiary alicyclic amines) is 2. The second-order valence-electron chi connectivity index (χ2n) is 8.18. The van der Waals surface area contributed by atoms with Gasteiger partial charge in [-0.25, -0.2) is 0 Å². The molecule has 2 aliphatic heterocycles. The van der Waals surface area contributed by atoms with Crippen molar-refractivity contribution < 1.29 is 9.90 Å². The summed E-state index contributed by atoms with van der Waals surface area (Å²) in [7, 11) is 2.13. The first kappa shape index (κ1) is 16.1. The zero-order valence-corrected chi connectivity index (χ0v) is 14.6. The lowest BCUT2D eigenvalue weighted by Gasteiger charge is -2.51. The van der Waals surface area contributed by atoms with Crippen molar-refractivity contribution in [1.29, 1.82) is 0 Å².